The predicted molar refractivity (Wildman–Crippen MR) is 75.9 cm³/mol. The van der Waals surface area contributed by atoms with E-state index >= 15 is 0 Å². The van der Waals surface area contributed by atoms with Crippen molar-refractivity contribution in [1.29, 1.82) is 0 Å². The number of nitrogen functional groups attached to an aromatic ring is 1. The van der Waals surface area contributed by atoms with E-state index in [2.05, 4.69) is 15.9 Å². The molecule has 0 radical (unpaired) electrons. The lowest BCUT2D eigenvalue weighted by molar-refractivity contribution is 0.303. The smallest absolute Gasteiger partial charge is 0.134 e. The first-order valence-corrected chi connectivity index (χ1v) is 6.29. The van der Waals surface area contributed by atoms with Gasteiger partial charge in [-0.2, -0.15) is 0 Å². The molecule has 0 atom stereocenters. The van der Waals surface area contributed by atoms with Gasteiger partial charge in [0.1, 0.15) is 18.1 Å². The van der Waals surface area contributed by atoms with Crippen molar-refractivity contribution < 1.29 is 9.47 Å². The van der Waals surface area contributed by atoms with Gasteiger partial charge < -0.3 is 15.2 Å². The van der Waals surface area contributed by atoms with Crippen LogP contribution in [-0.2, 0) is 6.61 Å². The van der Waals surface area contributed by atoms with Crippen LogP contribution in [-0.4, -0.2) is 7.11 Å². The minimum absolute atomic E-state index is 0.505. The van der Waals surface area contributed by atoms with Gasteiger partial charge in [-0.05, 0) is 51.8 Å². The fraction of sp³-hybridized carbons (Fsp3) is 0.143. The van der Waals surface area contributed by atoms with Crippen LogP contribution in [0.25, 0.3) is 0 Å². The molecule has 2 N–H and O–H groups in total. The summed E-state index contributed by atoms with van der Waals surface area (Å²) in [5, 5.41) is 0. The Bertz CT molecular complexity index is 526. The normalized spacial score (nSPS) is 10.1. The van der Waals surface area contributed by atoms with Crippen molar-refractivity contribution in [2.45, 2.75) is 6.61 Å². The number of methoxy groups -OCH3 is 1. The zero-order valence-electron chi connectivity index (χ0n) is 10.0. The molecule has 0 aromatic heterocycles. The van der Waals surface area contributed by atoms with E-state index in [0.717, 1.165) is 27.2 Å². The highest BCUT2D eigenvalue weighted by Crippen LogP contribution is 2.29. The van der Waals surface area contributed by atoms with Crippen LogP contribution in [0.15, 0.2) is 46.9 Å². The molecule has 94 valence electrons. The molecule has 0 heterocycles. The Labute approximate surface area is 115 Å². The monoisotopic (exact) mass is 307 g/mol. The second kappa shape index (κ2) is 5.78. The summed E-state index contributed by atoms with van der Waals surface area (Å²) >= 11 is 3.45. The summed E-state index contributed by atoms with van der Waals surface area (Å²) in [4.78, 5) is 0. The summed E-state index contributed by atoms with van der Waals surface area (Å²) in [6.45, 7) is 0.505. The van der Waals surface area contributed by atoms with Crippen LogP contribution in [0.1, 0.15) is 5.56 Å². The topological polar surface area (TPSA) is 44.5 Å². The molecule has 18 heavy (non-hydrogen) atoms. The first kappa shape index (κ1) is 12.8. The number of hydrogen-bond acceptors (Lipinski definition) is 3. The van der Waals surface area contributed by atoms with E-state index in [0.29, 0.717) is 6.61 Å². The van der Waals surface area contributed by atoms with Gasteiger partial charge in [0.05, 0.1) is 11.6 Å². The van der Waals surface area contributed by atoms with Gasteiger partial charge in [0, 0.05) is 5.69 Å². The summed E-state index contributed by atoms with van der Waals surface area (Å²) in [5.74, 6) is 1.58. The molecular formula is C14H14BrNO2. The lowest BCUT2D eigenvalue weighted by Crippen LogP contribution is -1.96. The number of halogens is 1. The van der Waals surface area contributed by atoms with Crippen LogP contribution in [0.3, 0.4) is 0 Å². The fourth-order valence-electron chi connectivity index (χ4n) is 1.50. The molecule has 2 aromatic rings. The van der Waals surface area contributed by atoms with Crippen molar-refractivity contribution in [1.82, 2.24) is 0 Å². The highest BCUT2D eigenvalue weighted by atomic mass is 79.9. The molecule has 2 aromatic carbocycles. The van der Waals surface area contributed by atoms with Gasteiger partial charge in [-0.3, -0.25) is 0 Å². The van der Waals surface area contributed by atoms with Gasteiger partial charge in [-0.1, -0.05) is 12.1 Å². The first-order chi connectivity index (χ1) is 8.69. The van der Waals surface area contributed by atoms with Gasteiger partial charge >= 0.3 is 0 Å². The number of hydrogen-bond donors (Lipinski definition) is 1. The maximum atomic E-state index is 5.72. The zero-order chi connectivity index (χ0) is 13.0. The Kier molecular flexibility index (Phi) is 4.10. The first-order valence-electron chi connectivity index (χ1n) is 5.50. The Morgan fingerprint density at radius 1 is 1.11 bits per heavy atom. The van der Waals surface area contributed by atoms with E-state index in [4.69, 9.17) is 15.2 Å². The third kappa shape index (κ3) is 3.17. The molecule has 0 saturated carbocycles. The van der Waals surface area contributed by atoms with Crippen LogP contribution < -0.4 is 15.2 Å². The molecule has 0 amide bonds. The Balaban J connectivity index is 2.04. The number of rotatable bonds is 4. The maximum Gasteiger partial charge on any atom is 0.134 e. The lowest BCUT2D eigenvalue weighted by atomic mass is 10.2. The quantitative estimate of drug-likeness (QED) is 0.877. The summed E-state index contributed by atoms with van der Waals surface area (Å²) in [6.07, 6.45) is 0. The SMILES string of the molecule is COc1ccc(OCc2ccc(N)cc2)c(Br)c1. The van der Waals surface area contributed by atoms with E-state index in [9.17, 15) is 0 Å². The van der Waals surface area contributed by atoms with E-state index < -0.39 is 0 Å². The average molecular weight is 308 g/mol. The van der Waals surface area contributed by atoms with Gasteiger partial charge in [0.15, 0.2) is 0 Å². The molecule has 0 fully saturated rings. The average Bonchev–Trinajstić information content (AvgIpc) is 2.39. The maximum absolute atomic E-state index is 5.72. The minimum Gasteiger partial charge on any atom is -0.497 e. The predicted octanol–water partition coefficient (Wildman–Crippen LogP) is 3.62. The molecule has 0 saturated heterocycles. The van der Waals surface area contributed by atoms with Crippen molar-refractivity contribution in [3.8, 4) is 11.5 Å². The Morgan fingerprint density at radius 3 is 2.44 bits per heavy atom. The summed E-state index contributed by atoms with van der Waals surface area (Å²) < 4.78 is 11.7. The molecule has 0 aliphatic rings. The van der Waals surface area contributed by atoms with Gasteiger partial charge in [0.2, 0.25) is 0 Å². The number of nitrogens with two attached hydrogens (primary N) is 1. The van der Waals surface area contributed by atoms with Crippen molar-refractivity contribution in [3.63, 3.8) is 0 Å². The van der Waals surface area contributed by atoms with Gasteiger partial charge in [0.25, 0.3) is 0 Å². The highest BCUT2D eigenvalue weighted by molar-refractivity contribution is 9.10. The van der Waals surface area contributed by atoms with Crippen LogP contribution in [0.2, 0.25) is 0 Å². The molecule has 0 aliphatic carbocycles. The standard InChI is InChI=1S/C14H14BrNO2/c1-17-12-6-7-14(13(15)8-12)18-9-10-2-4-11(16)5-3-10/h2-8H,9,16H2,1H3. The second-order valence-corrected chi connectivity index (χ2v) is 4.68. The number of benzene rings is 2. The van der Waals surface area contributed by atoms with Crippen molar-refractivity contribution >= 4 is 21.6 Å². The number of ether oxygens (including phenoxy) is 2. The van der Waals surface area contributed by atoms with E-state index in [1.807, 2.05) is 42.5 Å². The molecule has 0 bridgehead atoms. The molecule has 0 aliphatic heterocycles. The lowest BCUT2D eigenvalue weighted by Gasteiger charge is -2.09. The van der Waals surface area contributed by atoms with E-state index in [-0.39, 0.29) is 0 Å². The summed E-state index contributed by atoms with van der Waals surface area (Å²) in [6, 6.07) is 13.2. The molecule has 3 nitrogen and oxygen atoms in total. The summed E-state index contributed by atoms with van der Waals surface area (Å²) in [7, 11) is 1.64. The Morgan fingerprint density at radius 2 is 1.83 bits per heavy atom. The van der Waals surface area contributed by atoms with Crippen LogP contribution >= 0.6 is 15.9 Å². The zero-order valence-corrected chi connectivity index (χ0v) is 11.6. The van der Waals surface area contributed by atoms with E-state index in [1.165, 1.54) is 0 Å². The highest BCUT2D eigenvalue weighted by Gasteiger charge is 2.03. The van der Waals surface area contributed by atoms with Gasteiger partial charge in [-0.25, -0.2) is 0 Å². The molecule has 0 unspecified atom stereocenters. The fourth-order valence-corrected chi connectivity index (χ4v) is 1.97. The molecule has 2 rings (SSSR count). The molecule has 0 spiro atoms. The van der Waals surface area contributed by atoms with Crippen LogP contribution in [0, 0.1) is 0 Å². The second-order valence-electron chi connectivity index (χ2n) is 3.83. The molecule has 4 heteroatoms. The van der Waals surface area contributed by atoms with Crippen LogP contribution in [0.4, 0.5) is 5.69 Å². The largest absolute Gasteiger partial charge is 0.497 e. The van der Waals surface area contributed by atoms with Gasteiger partial charge in [-0.15, -0.1) is 0 Å². The van der Waals surface area contributed by atoms with Crippen molar-refractivity contribution in [2.24, 2.45) is 0 Å². The number of anilines is 1. The van der Waals surface area contributed by atoms with Crippen LogP contribution in [0.5, 0.6) is 11.5 Å². The third-order valence-corrected chi connectivity index (χ3v) is 3.13. The molecular weight excluding hydrogens is 294 g/mol. The van der Waals surface area contributed by atoms with E-state index in [1.54, 1.807) is 7.11 Å². The van der Waals surface area contributed by atoms with Crippen molar-refractivity contribution in [2.75, 3.05) is 12.8 Å². The minimum atomic E-state index is 0.505. The summed E-state index contributed by atoms with van der Waals surface area (Å²) in [5.41, 5.74) is 7.46. The van der Waals surface area contributed by atoms with Crippen molar-refractivity contribution in [3.05, 3.63) is 52.5 Å². The third-order valence-electron chi connectivity index (χ3n) is 2.51. The Hall–Kier alpha value is -1.68.